The van der Waals surface area contributed by atoms with E-state index in [9.17, 15) is 9.59 Å². The molecule has 1 aromatic carbocycles. The fourth-order valence-corrected chi connectivity index (χ4v) is 3.73. The maximum absolute atomic E-state index is 12.6. The lowest BCUT2D eigenvalue weighted by molar-refractivity contribution is -0.136. The molecule has 2 N–H and O–H groups in total. The molecule has 0 unspecified atom stereocenters. The molecule has 0 spiro atoms. The summed E-state index contributed by atoms with van der Waals surface area (Å²) in [6, 6.07) is 9.04. The number of likely N-dealkylation sites (tertiary alicyclic amines) is 1. The summed E-state index contributed by atoms with van der Waals surface area (Å²) >= 11 is 6.02. The summed E-state index contributed by atoms with van der Waals surface area (Å²) < 4.78 is 7.88. The fraction of sp³-hybridized carbons (Fsp3) is 0.450. The number of aryl methyl sites for hydroxylation is 1. The van der Waals surface area contributed by atoms with E-state index < -0.39 is 5.91 Å². The molecule has 1 aromatic heterocycles. The van der Waals surface area contributed by atoms with Gasteiger partial charge in [0.2, 0.25) is 11.8 Å². The van der Waals surface area contributed by atoms with Crippen LogP contribution in [0.4, 0.5) is 0 Å². The third-order valence-electron chi connectivity index (χ3n) is 4.90. The molecule has 0 bridgehead atoms. The van der Waals surface area contributed by atoms with E-state index in [1.807, 2.05) is 34.0 Å². The zero-order valence-corrected chi connectivity index (χ0v) is 16.4. The van der Waals surface area contributed by atoms with Crippen LogP contribution in [0.3, 0.4) is 0 Å². The number of carbonyl (C=O) groups excluding carboxylic acids is 2. The first-order valence-electron chi connectivity index (χ1n) is 9.47. The molecule has 8 heteroatoms. The summed E-state index contributed by atoms with van der Waals surface area (Å²) in [6.45, 7) is 1.77. The highest BCUT2D eigenvalue weighted by Gasteiger charge is 2.33. The Hall–Kier alpha value is -2.54. The fourth-order valence-electron chi connectivity index (χ4n) is 3.55. The Kier molecular flexibility index (Phi) is 6.92. The molecule has 2 atom stereocenters. The molecule has 2 heterocycles. The predicted molar refractivity (Wildman–Crippen MR) is 106 cm³/mol. The number of aromatic nitrogens is 2. The van der Waals surface area contributed by atoms with Crippen molar-refractivity contribution in [3.63, 3.8) is 0 Å². The number of amides is 2. The van der Waals surface area contributed by atoms with Crippen molar-refractivity contribution in [3.05, 3.63) is 47.7 Å². The monoisotopic (exact) mass is 404 g/mol. The van der Waals surface area contributed by atoms with Gasteiger partial charge in [0.15, 0.2) is 0 Å². The number of nitrogens with zero attached hydrogens (tertiary/aromatic N) is 3. The molecule has 1 aliphatic rings. The molecule has 2 aromatic rings. The first-order chi connectivity index (χ1) is 13.5. The van der Waals surface area contributed by atoms with Crippen molar-refractivity contribution < 1.29 is 14.3 Å². The van der Waals surface area contributed by atoms with Crippen molar-refractivity contribution in [3.8, 4) is 5.75 Å². The number of piperidine rings is 1. The van der Waals surface area contributed by atoms with Crippen LogP contribution in [0.1, 0.15) is 25.7 Å². The molecular weight excluding hydrogens is 380 g/mol. The van der Waals surface area contributed by atoms with E-state index in [4.69, 9.17) is 22.1 Å². The molecule has 0 radical (unpaired) electrons. The smallest absolute Gasteiger partial charge is 0.222 e. The van der Waals surface area contributed by atoms with E-state index in [-0.39, 0.29) is 24.3 Å². The molecular formula is C20H25ClN4O3. The van der Waals surface area contributed by atoms with Crippen LogP contribution in [-0.4, -0.2) is 45.7 Å². The summed E-state index contributed by atoms with van der Waals surface area (Å²) in [4.78, 5) is 25.9. The topological polar surface area (TPSA) is 90.5 Å². The minimum absolute atomic E-state index is 0.0860. The van der Waals surface area contributed by atoms with E-state index in [1.54, 1.807) is 18.3 Å². The van der Waals surface area contributed by atoms with Crippen molar-refractivity contribution >= 4 is 23.4 Å². The molecule has 0 saturated carbocycles. The summed E-state index contributed by atoms with van der Waals surface area (Å²) in [7, 11) is 0. The molecule has 3 rings (SSSR count). The van der Waals surface area contributed by atoms with Crippen LogP contribution < -0.4 is 10.5 Å². The van der Waals surface area contributed by atoms with Gasteiger partial charge < -0.3 is 15.4 Å². The number of rotatable bonds is 8. The summed E-state index contributed by atoms with van der Waals surface area (Å²) in [5.74, 6) is 0.215. The Labute approximate surface area is 169 Å². The van der Waals surface area contributed by atoms with Crippen LogP contribution in [0.25, 0.3) is 0 Å². The van der Waals surface area contributed by atoms with Crippen molar-refractivity contribution in [2.75, 3.05) is 13.1 Å². The molecule has 28 heavy (non-hydrogen) atoms. The lowest BCUT2D eigenvalue weighted by Crippen LogP contribution is -2.49. The van der Waals surface area contributed by atoms with E-state index in [2.05, 4.69) is 5.10 Å². The summed E-state index contributed by atoms with van der Waals surface area (Å²) in [5.41, 5.74) is 5.43. The number of hydrogen-bond acceptors (Lipinski definition) is 4. The van der Waals surface area contributed by atoms with Gasteiger partial charge in [-0.15, -0.1) is 0 Å². The number of primary amides is 1. The highest BCUT2D eigenvalue weighted by Crippen LogP contribution is 2.27. The molecule has 150 valence electrons. The van der Waals surface area contributed by atoms with Gasteiger partial charge in [-0.25, -0.2) is 0 Å². The van der Waals surface area contributed by atoms with Crippen molar-refractivity contribution in [1.29, 1.82) is 0 Å². The van der Waals surface area contributed by atoms with Crippen molar-refractivity contribution in [2.45, 2.75) is 38.3 Å². The molecule has 2 amide bonds. The van der Waals surface area contributed by atoms with Gasteiger partial charge in [-0.3, -0.25) is 14.3 Å². The second-order valence-electron chi connectivity index (χ2n) is 7.05. The van der Waals surface area contributed by atoms with Crippen molar-refractivity contribution in [2.24, 2.45) is 11.7 Å². The first-order valence-corrected chi connectivity index (χ1v) is 9.85. The van der Waals surface area contributed by atoms with E-state index in [1.165, 1.54) is 0 Å². The average molecular weight is 405 g/mol. The number of nitrogens with two attached hydrogens (primary N) is 1. The molecule has 7 nitrogen and oxygen atoms in total. The maximum Gasteiger partial charge on any atom is 0.222 e. The van der Waals surface area contributed by atoms with Gasteiger partial charge in [-0.2, -0.15) is 5.10 Å². The minimum atomic E-state index is -0.391. The third-order valence-corrected chi connectivity index (χ3v) is 5.14. The Balaban J connectivity index is 1.56. The van der Waals surface area contributed by atoms with E-state index in [0.717, 1.165) is 6.42 Å². The van der Waals surface area contributed by atoms with Gasteiger partial charge in [0, 0.05) is 62.2 Å². The molecule has 0 aliphatic carbocycles. The SMILES string of the molecule is NC(=O)C[C@H]1CN(C(=O)CCCn2cccn2)CC[C@@H]1Oc1cccc(Cl)c1. The zero-order chi connectivity index (χ0) is 19.9. The number of ether oxygens (including phenoxy) is 1. The predicted octanol–water partition coefficient (Wildman–Crippen LogP) is 2.49. The van der Waals surface area contributed by atoms with Gasteiger partial charge in [-0.1, -0.05) is 17.7 Å². The van der Waals surface area contributed by atoms with Gasteiger partial charge >= 0.3 is 0 Å². The Morgan fingerprint density at radius 3 is 2.89 bits per heavy atom. The standard InChI is InChI=1S/C20H25ClN4O3/c21-16-4-1-5-17(13-16)28-18-7-11-24(14-15(18)12-19(22)26)20(27)6-2-9-25-10-3-8-23-25/h1,3-5,8,10,13,15,18H,2,6-7,9,11-12,14H2,(H2,22,26)/t15-,18-/m0/s1. The highest BCUT2D eigenvalue weighted by atomic mass is 35.5. The Bertz CT molecular complexity index is 797. The molecule has 1 saturated heterocycles. The Morgan fingerprint density at radius 1 is 1.32 bits per heavy atom. The minimum Gasteiger partial charge on any atom is -0.490 e. The van der Waals surface area contributed by atoms with Crippen LogP contribution >= 0.6 is 11.6 Å². The summed E-state index contributed by atoms with van der Waals surface area (Å²) in [6.07, 6.45) is 5.42. The van der Waals surface area contributed by atoms with E-state index >= 15 is 0 Å². The van der Waals surface area contributed by atoms with Crippen LogP contribution in [0.5, 0.6) is 5.75 Å². The third kappa shape index (κ3) is 5.73. The zero-order valence-electron chi connectivity index (χ0n) is 15.7. The van der Waals surface area contributed by atoms with E-state index in [0.29, 0.717) is 43.2 Å². The largest absolute Gasteiger partial charge is 0.490 e. The van der Waals surface area contributed by atoms with Crippen LogP contribution in [0, 0.1) is 5.92 Å². The lowest BCUT2D eigenvalue weighted by atomic mass is 9.91. The molecule has 1 fully saturated rings. The number of hydrogen-bond donors (Lipinski definition) is 1. The Morgan fingerprint density at radius 2 is 2.18 bits per heavy atom. The van der Waals surface area contributed by atoms with Gasteiger partial charge in [0.05, 0.1) is 0 Å². The van der Waals surface area contributed by atoms with Crippen molar-refractivity contribution in [1.82, 2.24) is 14.7 Å². The first kappa shape index (κ1) is 20.2. The van der Waals surface area contributed by atoms with Gasteiger partial charge in [0.25, 0.3) is 0 Å². The average Bonchev–Trinajstić information content (AvgIpc) is 3.16. The van der Waals surface area contributed by atoms with Gasteiger partial charge in [0.1, 0.15) is 11.9 Å². The normalized spacial score (nSPS) is 19.4. The van der Waals surface area contributed by atoms with Crippen LogP contribution in [0.15, 0.2) is 42.7 Å². The second kappa shape index (κ2) is 9.59. The number of benzene rings is 1. The molecule has 1 aliphatic heterocycles. The maximum atomic E-state index is 12.6. The second-order valence-corrected chi connectivity index (χ2v) is 7.48. The van der Waals surface area contributed by atoms with Gasteiger partial charge in [-0.05, 0) is 30.7 Å². The number of halogens is 1. The quantitative estimate of drug-likeness (QED) is 0.731. The lowest BCUT2D eigenvalue weighted by Gasteiger charge is -2.38. The van der Waals surface area contributed by atoms with Crippen LogP contribution in [-0.2, 0) is 16.1 Å². The summed E-state index contributed by atoms with van der Waals surface area (Å²) in [5, 5.41) is 4.73. The van der Waals surface area contributed by atoms with Crippen LogP contribution in [0.2, 0.25) is 5.02 Å². The highest BCUT2D eigenvalue weighted by molar-refractivity contribution is 6.30. The number of carbonyl (C=O) groups is 2.